The number of fused-ring (bicyclic) bond motifs is 1. The average molecular weight is 396 g/mol. The first-order valence-corrected chi connectivity index (χ1v) is 10.4. The van der Waals surface area contributed by atoms with Crippen molar-refractivity contribution in [1.82, 2.24) is 10.2 Å². The highest BCUT2D eigenvalue weighted by molar-refractivity contribution is 6.02. The number of ether oxygens (including phenoxy) is 1. The van der Waals surface area contributed by atoms with Crippen LogP contribution in [0.2, 0.25) is 0 Å². The standard InChI is InChI=1S/C23H28N2O4/c1-28-15-13-25-22(27)19-10-4-3-9-18(19)20(23(25)11-5-2-6-12-23)21(26)24-16-17-8-7-14-29-17/h3-4,7-10,14,20H,2,5-6,11-13,15-16H2,1H3,(H,24,26). The van der Waals surface area contributed by atoms with E-state index in [2.05, 4.69) is 5.32 Å². The molecule has 6 heteroatoms. The first kappa shape index (κ1) is 19.7. The quantitative estimate of drug-likeness (QED) is 0.811. The first-order chi connectivity index (χ1) is 14.2. The SMILES string of the molecule is COCCN1C(=O)c2ccccc2C(C(=O)NCc2ccco2)C12CCCCC2. The molecule has 1 aromatic carbocycles. The van der Waals surface area contributed by atoms with E-state index in [0.29, 0.717) is 31.0 Å². The Hall–Kier alpha value is -2.60. The Bertz CT molecular complexity index is 856. The molecule has 1 aliphatic carbocycles. The topological polar surface area (TPSA) is 71.8 Å². The highest BCUT2D eigenvalue weighted by Gasteiger charge is 2.54. The highest BCUT2D eigenvalue weighted by Crippen LogP contribution is 2.49. The molecule has 1 aromatic heterocycles. The third-order valence-corrected chi connectivity index (χ3v) is 6.34. The van der Waals surface area contributed by atoms with Gasteiger partial charge >= 0.3 is 0 Å². The van der Waals surface area contributed by atoms with E-state index in [-0.39, 0.29) is 11.8 Å². The fourth-order valence-corrected chi connectivity index (χ4v) is 5.04. The van der Waals surface area contributed by atoms with Gasteiger partial charge in [-0.1, -0.05) is 37.5 Å². The molecule has 1 aliphatic heterocycles. The van der Waals surface area contributed by atoms with Crippen molar-refractivity contribution in [2.75, 3.05) is 20.3 Å². The lowest BCUT2D eigenvalue weighted by Gasteiger charge is -2.53. The zero-order valence-electron chi connectivity index (χ0n) is 16.9. The van der Waals surface area contributed by atoms with Gasteiger partial charge in [-0.05, 0) is 36.6 Å². The molecular weight excluding hydrogens is 368 g/mol. The molecule has 0 bridgehead atoms. The van der Waals surface area contributed by atoms with E-state index in [9.17, 15) is 9.59 Å². The van der Waals surface area contributed by atoms with Crippen LogP contribution in [0.3, 0.4) is 0 Å². The Morgan fingerprint density at radius 3 is 2.72 bits per heavy atom. The normalized spacial score (nSPS) is 20.5. The van der Waals surface area contributed by atoms with Crippen molar-refractivity contribution in [2.24, 2.45) is 0 Å². The van der Waals surface area contributed by atoms with Gasteiger partial charge < -0.3 is 19.4 Å². The van der Waals surface area contributed by atoms with E-state index >= 15 is 0 Å². The molecule has 0 radical (unpaired) electrons. The zero-order valence-corrected chi connectivity index (χ0v) is 16.9. The van der Waals surface area contributed by atoms with Crippen LogP contribution in [0.1, 0.15) is 59.7 Å². The molecule has 1 unspecified atom stereocenters. The summed E-state index contributed by atoms with van der Waals surface area (Å²) in [5, 5.41) is 3.06. The third-order valence-electron chi connectivity index (χ3n) is 6.34. The van der Waals surface area contributed by atoms with Crippen LogP contribution in [-0.2, 0) is 16.1 Å². The van der Waals surface area contributed by atoms with E-state index in [1.165, 1.54) is 0 Å². The number of hydrogen-bond donors (Lipinski definition) is 1. The number of furan rings is 1. The molecule has 29 heavy (non-hydrogen) atoms. The Labute approximate surface area is 171 Å². The lowest BCUT2D eigenvalue weighted by atomic mass is 9.65. The summed E-state index contributed by atoms with van der Waals surface area (Å²) < 4.78 is 10.7. The number of hydrogen-bond acceptors (Lipinski definition) is 4. The number of carbonyl (C=O) groups is 2. The van der Waals surface area contributed by atoms with Gasteiger partial charge in [0.25, 0.3) is 5.91 Å². The van der Waals surface area contributed by atoms with Gasteiger partial charge in [-0.15, -0.1) is 0 Å². The maximum absolute atomic E-state index is 13.5. The summed E-state index contributed by atoms with van der Waals surface area (Å²) in [6.07, 6.45) is 6.43. The lowest BCUT2D eigenvalue weighted by molar-refractivity contribution is -0.127. The summed E-state index contributed by atoms with van der Waals surface area (Å²) in [5.74, 6) is 0.274. The van der Waals surface area contributed by atoms with E-state index in [0.717, 1.165) is 37.7 Å². The molecular formula is C23H28N2O4. The van der Waals surface area contributed by atoms with Crippen molar-refractivity contribution in [2.45, 2.75) is 50.1 Å². The summed E-state index contributed by atoms with van der Waals surface area (Å²) in [6, 6.07) is 11.2. The van der Waals surface area contributed by atoms with Crippen molar-refractivity contribution in [3.63, 3.8) is 0 Å². The molecule has 2 amide bonds. The second-order valence-corrected chi connectivity index (χ2v) is 7.93. The summed E-state index contributed by atoms with van der Waals surface area (Å²) >= 11 is 0. The summed E-state index contributed by atoms with van der Waals surface area (Å²) in [6.45, 7) is 1.29. The van der Waals surface area contributed by atoms with Crippen LogP contribution in [0.15, 0.2) is 47.1 Å². The fraction of sp³-hybridized carbons (Fsp3) is 0.478. The Morgan fingerprint density at radius 1 is 1.21 bits per heavy atom. The number of rotatable bonds is 6. The Morgan fingerprint density at radius 2 is 2.00 bits per heavy atom. The molecule has 2 aliphatic rings. The third kappa shape index (κ3) is 3.57. The monoisotopic (exact) mass is 396 g/mol. The molecule has 0 saturated heterocycles. The average Bonchev–Trinajstić information content (AvgIpc) is 3.27. The van der Waals surface area contributed by atoms with E-state index in [4.69, 9.17) is 9.15 Å². The van der Waals surface area contributed by atoms with Gasteiger partial charge in [0.1, 0.15) is 5.76 Å². The van der Waals surface area contributed by atoms with Gasteiger partial charge in [-0.25, -0.2) is 0 Å². The Balaban J connectivity index is 1.74. The van der Waals surface area contributed by atoms with Crippen molar-refractivity contribution in [3.05, 3.63) is 59.5 Å². The second kappa shape index (κ2) is 8.41. The smallest absolute Gasteiger partial charge is 0.254 e. The molecule has 1 saturated carbocycles. The van der Waals surface area contributed by atoms with Crippen LogP contribution in [0, 0.1) is 0 Å². The summed E-state index contributed by atoms with van der Waals surface area (Å²) in [7, 11) is 1.64. The maximum atomic E-state index is 13.5. The minimum Gasteiger partial charge on any atom is -0.467 e. The van der Waals surface area contributed by atoms with Crippen LogP contribution in [0.4, 0.5) is 0 Å². The van der Waals surface area contributed by atoms with Crippen molar-refractivity contribution < 1.29 is 18.7 Å². The molecule has 2 heterocycles. The van der Waals surface area contributed by atoms with Crippen LogP contribution < -0.4 is 5.32 Å². The van der Waals surface area contributed by atoms with Crippen LogP contribution >= 0.6 is 0 Å². The second-order valence-electron chi connectivity index (χ2n) is 7.93. The molecule has 6 nitrogen and oxygen atoms in total. The molecule has 1 N–H and O–H groups in total. The number of carbonyl (C=O) groups excluding carboxylic acids is 2. The van der Waals surface area contributed by atoms with Gasteiger partial charge in [0.2, 0.25) is 5.91 Å². The van der Waals surface area contributed by atoms with Crippen LogP contribution in [0.25, 0.3) is 0 Å². The molecule has 1 atom stereocenters. The molecule has 1 fully saturated rings. The summed E-state index contributed by atoms with van der Waals surface area (Å²) in [4.78, 5) is 28.9. The fourth-order valence-electron chi connectivity index (χ4n) is 5.04. The predicted octanol–water partition coefficient (Wildman–Crippen LogP) is 3.48. The minimum atomic E-state index is -0.504. The van der Waals surface area contributed by atoms with E-state index in [1.807, 2.05) is 41.3 Å². The van der Waals surface area contributed by atoms with Crippen molar-refractivity contribution in [3.8, 4) is 0 Å². The maximum Gasteiger partial charge on any atom is 0.254 e. The first-order valence-electron chi connectivity index (χ1n) is 10.4. The molecule has 4 rings (SSSR count). The van der Waals surface area contributed by atoms with Gasteiger partial charge in [0.05, 0.1) is 30.9 Å². The molecule has 1 spiro atoms. The minimum absolute atomic E-state index is 0.00892. The van der Waals surface area contributed by atoms with Crippen molar-refractivity contribution in [1.29, 1.82) is 0 Å². The number of amides is 2. The molecule has 154 valence electrons. The lowest BCUT2D eigenvalue weighted by Crippen LogP contribution is -2.63. The van der Waals surface area contributed by atoms with E-state index in [1.54, 1.807) is 13.4 Å². The number of benzene rings is 1. The van der Waals surface area contributed by atoms with Gasteiger partial charge in [0, 0.05) is 19.2 Å². The number of nitrogens with zero attached hydrogens (tertiary/aromatic N) is 1. The van der Waals surface area contributed by atoms with Crippen molar-refractivity contribution >= 4 is 11.8 Å². The largest absolute Gasteiger partial charge is 0.467 e. The highest BCUT2D eigenvalue weighted by atomic mass is 16.5. The number of nitrogens with one attached hydrogen (secondary N) is 1. The Kier molecular flexibility index (Phi) is 5.72. The van der Waals surface area contributed by atoms with Gasteiger partial charge in [-0.2, -0.15) is 0 Å². The summed E-state index contributed by atoms with van der Waals surface area (Å²) in [5.41, 5.74) is 0.957. The predicted molar refractivity (Wildman–Crippen MR) is 108 cm³/mol. The number of methoxy groups -OCH3 is 1. The molecule has 2 aromatic rings. The van der Waals surface area contributed by atoms with Gasteiger partial charge in [0.15, 0.2) is 0 Å². The van der Waals surface area contributed by atoms with Gasteiger partial charge in [-0.3, -0.25) is 9.59 Å². The van der Waals surface area contributed by atoms with Crippen LogP contribution in [-0.4, -0.2) is 42.5 Å². The zero-order chi connectivity index (χ0) is 20.3. The van der Waals surface area contributed by atoms with E-state index < -0.39 is 11.5 Å². The van der Waals surface area contributed by atoms with Crippen LogP contribution in [0.5, 0.6) is 0 Å².